The van der Waals surface area contributed by atoms with Crippen molar-refractivity contribution >= 4 is 5.69 Å². The van der Waals surface area contributed by atoms with Gasteiger partial charge in [-0.15, -0.1) is 0 Å². The van der Waals surface area contributed by atoms with Gasteiger partial charge >= 0.3 is 0 Å². The molecule has 1 unspecified atom stereocenters. The lowest BCUT2D eigenvalue weighted by Gasteiger charge is -2.24. The smallest absolute Gasteiger partial charge is 0.121 e. The maximum atomic E-state index is 5.54. The van der Waals surface area contributed by atoms with Crippen LogP contribution in [0.5, 0.6) is 5.75 Å². The van der Waals surface area contributed by atoms with Crippen LogP contribution in [0.1, 0.15) is 19.8 Å². The molecule has 1 aliphatic rings. The third-order valence-corrected chi connectivity index (χ3v) is 3.09. The van der Waals surface area contributed by atoms with Crippen LogP contribution in [-0.2, 0) is 0 Å². The number of benzene rings is 1. The minimum absolute atomic E-state index is 0.560. The zero-order valence-electron chi connectivity index (χ0n) is 9.86. The molecule has 1 aromatic rings. The highest BCUT2D eigenvalue weighted by molar-refractivity contribution is 5.52. The molecule has 1 aliphatic heterocycles. The van der Waals surface area contributed by atoms with E-state index in [0.29, 0.717) is 19.2 Å². The number of hydrogen-bond acceptors (Lipinski definition) is 3. The third kappa shape index (κ3) is 2.47. The zero-order valence-corrected chi connectivity index (χ0v) is 9.86. The number of anilines is 1. The first-order valence-electron chi connectivity index (χ1n) is 6.01. The van der Waals surface area contributed by atoms with Crippen molar-refractivity contribution in [3.63, 3.8) is 0 Å². The molecular weight excluding hydrogens is 200 g/mol. The van der Waals surface area contributed by atoms with Crippen molar-refractivity contribution in [1.82, 2.24) is 0 Å². The van der Waals surface area contributed by atoms with Crippen molar-refractivity contribution < 1.29 is 4.74 Å². The molecule has 1 heterocycles. The van der Waals surface area contributed by atoms with E-state index in [1.165, 1.54) is 18.5 Å². The maximum Gasteiger partial charge on any atom is 0.121 e. The molecular formula is C13H20N2O. The van der Waals surface area contributed by atoms with Gasteiger partial charge < -0.3 is 15.4 Å². The summed E-state index contributed by atoms with van der Waals surface area (Å²) in [6.45, 7) is 4.57. The third-order valence-electron chi connectivity index (χ3n) is 3.09. The predicted octanol–water partition coefficient (Wildman–Crippen LogP) is 2.01. The lowest BCUT2D eigenvalue weighted by atomic mass is 10.2. The number of nitrogens with zero attached hydrogens (tertiary/aromatic N) is 1. The number of ether oxygens (including phenoxy) is 1. The Morgan fingerprint density at radius 3 is 3.06 bits per heavy atom. The van der Waals surface area contributed by atoms with Crippen LogP contribution in [0.15, 0.2) is 24.3 Å². The summed E-state index contributed by atoms with van der Waals surface area (Å²) in [6, 6.07) is 8.94. The molecule has 1 saturated heterocycles. The van der Waals surface area contributed by atoms with Gasteiger partial charge in [0.25, 0.3) is 0 Å². The van der Waals surface area contributed by atoms with Crippen LogP contribution in [0.3, 0.4) is 0 Å². The Morgan fingerprint density at radius 2 is 2.38 bits per heavy atom. The lowest BCUT2D eigenvalue weighted by molar-refractivity contribution is 0.328. The van der Waals surface area contributed by atoms with Gasteiger partial charge in [0.05, 0.1) is 0 Å². The maximum absolute atomic E-state index is 5.54. The van der Waals surface area contributed by atoms with Crippen LogP contribution < -0.4 is 15.4 Å². The Hall–Kier alpha value is -1.22. The summed E-state index contributed by atoms with van der Waals surface area (Å²) in [5.41, 5.74) is 6.69. The molecule has 0 amide bonds. The van der Waals surface area contributed by atoms with E-state index in [9.17, 15) is 0 Å². The average Bonchev–Trinajstić information content (AvgIpc) is 2.73. The SMILES string of the molecule is CC1CCCN1c1cccc(OCCN)c1. The summed E-state index contributed by atoms with van der Waals surface area (Å²) in [6.07, 6.45) is 2.57. The van der Waals surface area contributed by atoms with Gasteiger partial charge in [0.1, 0.15) is 12.4 Å². The fourth-order valence-electron chi connectivity index (χ4n) is 2.25. The summed E-state index contributed by atoms with van der Waals surface area (Å²) in [7, 11) is 0. The molecule has 1 atom stereocenters. The molecule has 2 N–H and O–H groups in total. The summed E-state index contributed by atoms with van der Waals surface area (Å²) in [5, 5.41) is 0. The Labute approximate surface area is 97.2 Å². The van der Waals surface area contributed by atoms with E-state index in [-0.39, 0.29) is 0 Å². The molecule has 2 rings (SSSR count). The van der Waals surface area contributed by atoms with Crippen molar-refractivity contribution in [3.05, 3.63) is 24.3 Å². The number of nitrogens with two attached hydrogens (primary N) is 1. The van der Waals surface area contributed by atoms with E-state index in [2.05, 4.69) is 24.0 Å². The van der Waals surface area contributed by atoms with Crippen molar-refractivity contribution in [3.8, 4) is 5.75 Å². The Kier molecular flexibility index (Phi) is 3.67. The molecule has 3 heteroatoms. The molecule has 0 aliphatic carbocycles. The highest BCUT2D eigenvalue weighted by Crippen LogP contribution is 2.27. The minimum Gasteiger partial charge on any atom is -0.492 e. The second-order valence-corrected chi connectivity index (χ2v) is 4.32. The molecule has 0 bridgehead atoms. The summed E-state index contributed by atoms with van der Waals surface area (Å²) in [4.78, 5) is 2.44. The van der Waals surface area contributed by atoms with Crippen molar-refractivity contribution in [2.24, 2.45) is 5.73 Å². The van der Waals surface area contributed by atoms with Gasteiger partial charge in [-0.25, -0.2) is 0 Å². The van der Waals surface area contributed by atoms with Crippen LogP contribution in [0.25, 0.3) is 0 Å². The first-order chi connectivity index (χ1) is 7.81. The molecule has 0 radical (unpaired) electrons. The van der Waals surface area contributed by atoms with E-state index in [4.69, 9.17) is 10.5 Å². The first kappa shape index (κ1) is 11.3. The van der Waals surface area contributed by atoms with Crippen molar-refractivity contribution in [2.45, 2.75) is 25.8 Å². The topological polar surface area (TPSA) is 38.5 Å². The van der Waals surface area contributed by atoms with Crippen molar-refractivity contribution in [1.29, 1.82) is 0 Å². The summed E-state index contributed by atoms with van der Waals surface area (Å²) in [5.74, 6) is 0.919. The normalized spacial score (nSPS) is 20.1. The van der Waals surface area contributed by atoms with Gasteiger partial charge in [-0.2, -0.15) is 0 Å². The summed E-state index contributed by atoms with van der Waals surface area (Å²) >= 11 is 0. The average molecular weight is 220 g/mol. The standard InChI is InChI=1S/C13H20N2O/c1-11-4-3-8-15(11)12-5-2-6-13(10-12)16-9-7-14/h2,5-6,10-11H,3-4,7-9,14H2,1H3. The van der Waals surface area contributed by atoms with E-state index in [1.54, 1.807) is 0 Å². The van der Waals surface area contributed by atoms with E-state index in [0.717, 1.165) is 12.3 Å². The van der Waals surface area contributed by atoms with Crippen LogP contribution in [-0.4, -0.2) is 25.7 Å². The summed E-state index contributed by atoms with van der Waals surface area (Å²) < 4.78 is 5.54. The van der Waals surface area contributed by atoms with Crippen molar-refractivity contribution in [2.75, 3.05) is 24.6 Å². The molecule has 88 valence electrons. The zero-order chi connectivity index (χ0) is 11.4. The number of hydrogen-bond donors (Lipinski definition) is 1. The Morgan fingerprint density at radius 1 is 1.50 bits per heavy atom. The van der Waals surface area contributed by atoms with E-state index in [1.807, 2.05) is 12.1 Å². The minimum atomic E-state index is 0.560. The monoisotopic (exact) mass is 220 g/mol. The molecule has 1 aromatic carbocycles. The second kappa shape index (κ2) is 5.21. The predicted molar refractivity (Wildman–Crippen MR) is 67.0 cm³/mol. The van der Waals surface area contributed by atoms with Gasteiger partial charge in [-0.05, 0) is 31.9 Å². The van der Waals surface area contributed by atoms with E-state index >= 15 is 0 Å². The molecule has 1 fully saturated rings. The van der Waals surface area contributed by atoms with Crippen LogP contribution in [0.2, 0.25) is 0 Å². The van der Waals surface area contributed by atoms with Gasteiger partial charge in [0.15, 0.2) is 0 Å². The van der Waals surface area contributed by atoms with Gasteiger partial charge in [0.2, 0.25) is 0 Å². The molecule has 3 nitrogen and oxygen atoms in total. The lowest BCUT2D eigenvalue weighted by Crippen LogP contribution is -2.26. The van der Waals surface area contributed by atoms with Gasteiger partial charge in [-0.3, -0.25) is 0 Å². The van der Waals surface area contributed by atoms with E-state index < -0.39 is 0 Å². The fourth-order valence-corrected chi connectivity index (χ4v) is 2.25. The highest BCUT2D eigenvalue weighted by atomic mass is 16.5. The van der Waals surface area contributed by atoms with Gasteiger partial charge in [-0.1, -0.05) is 6.07 Å². The second-order valence-electron chi connectivity index (χ2n) is 4.32. The number of rotatable bonds is 4. The Balaban J connectivity index is 2.09. The highest BCUT2D eigenvalue weighted by Gasteiger charge is 2.20. The first-order valence-corrected chi connectivity index (χ1v) is 6.01. The largest absolute Gasteiger partial charge is 0.492 e. The molecule has 16 heavy (non-hydrogen) atoms. The van der Waals surface area contributed by atoms with Gasteiger partial charge in [0, 0.05) is 30.9 Å². The molecule has 0 saturated carbocycles. The van der Waals surface area contributed by atoms with Crippen LogP contribution in [0.4, 0.5) is 5.69 Å². The molecule has 0 spiro atoms. The fraction of sp³-hybridized carbons (Fsp3) is 0.538. The van der Waals surface area contributed by atoms with Crippen LogP contribution in [0, 0.1) is 0 Å². The van der Waals surface area contributed by atoms with Crippen LogP contribution >= 0.6 is 0 Å². The Bertz CT molecular complexity index is 340. The quantitative estimate of drug-likeness (QED) is 0.843. The molecule has 0 aromatic heterocycles.